The van der Waals surface area contributed by atoms with Crippen LogP contribution in [0.1, 0.15) is 44.4 Å². The average molecular weight is 426 g/mol. The number of furan rings is 1. The van der Waals surface area contributed by atoms with E-state index < -0.39 is 23.9 Å². The number of ketones is 1. The molecule has 0 saturated heterocycles. The molecular weight excluding hydrogens is 408 g/mol. The number of nitrogens with one attached hydrogen (secondary N) is 2. The van der Waals surface area contributed by atoms with Crippen molar-refractivity contribution >= 4 is 45.6 Å². The largest absolute Gasteiger partial charge is 0.459 e. The van der Waals surface area contributed by atoms with E-state index in [2.05, 4.69) is 10.6 Å². The Morgan fingerprint density at radius 3 is 2.37 bits per heavy atom. The van der Waals surface area contributed by atoms with Gasteiger partial charge in [-0.05, 0) is 62.4 Å². The topological polar surface area (TPSA) is 115 Å². The molecule has 0 fully saturated rings. The number of benzene rings is 1. The van der Waals surface area contributed by atoms with E-state index in [0.717, 1.165) is 11.3 Å². The van der Waals surface area contributed by atoms with Crippen LogP contribution in [0.5, 0.6) is 0 Å². The third kappa shape index (κ3) is 5.21. The van der Waals surface area contributed by atoms with E-state index in [1.807, 2.05) is 0 Å². The van der Waals surface area contributed by atoms with Gasteiger partial charge in [0.1, 0.15) is 4.88 Å². The number of thiophene rings is 1. The van der Waals surface area contributed by atoms with Gasteiger partial charge < -0.3 is 19.8 Å². The Hall–Kier alpha value is -3.72. The summed E-state index contributed by atoms with van der Waals surface area (Å²) in [5, 5.41) is 5.67. The monoisotopic (exact) mass is 426 g/mol. The highest BCUT2D eigenvalue weighted by molar-refractivity contribution is 7.18. The van der Waals surface area contributed by atoms with E-state index >= 15 is 0 Å². The molecule has 0 spiro atoms. The first kappa shape index (κ1) is 21.0. The maximum absolute atomic E-state index is 12.3. The quantitative estimate of drug-likeness (QED) is 0.436. The molecule has 1 unspecified atom stereocenters. The maximum atomic E-state index is 12.3. The highest BCUT2D eigenvalue weighted by Gasteiger charge is 2.21. The van der Waals surface area contributed by atoms with Crippen LogP contribution in [-0.2, 0) is 9.53 Å². The summed E-state index contributed by atoms with van der Waals surface area (Å²) >= 11 is 1.02. The van der Waals surface area contributed by atoms with Crippen LogP contribution in [0, 0.1) is 0 Å². The molecule has 3 rings (SSSR count). The van der Waals surface area contributed by atoms with Crippen molar-refractivity contribution in [1.82, 2.24) is 0 Å². The fourth-order valence-corrected chi connectivity index (χ4v) is 3.18. The molecule has 2 aromatic heterocycles. The molecule has 154 valence electrons. The summed E-state index contributed by atoms with van der Waals surface area (Å²) in [6.45, 7) is 2.90. The molecule has 0 bridgehead atoms. The second-order valence-corrected chi connectivity index (χ2v) is 7.35. The van der Waals surface area contributed by atoms with Gasteiger partial charge in [-0.3, -0.25) is 14.4 Å². The maximum Gasteiger partial charge on any atom is 0.349 e. The number of hydrogen-bond donors (Lipinski definition) is 2. The molecule has 9 heteroatoms. The summed E-state index contributed by atoms with van der Waals surface area (Å²) in [6, 6.07) is 12.5. The Morgan fingerprint density at radius 1 is 1.00 bits per heavy atom. The fourth-order valence-electron chi connectivity index (χ4n) is 2.40. The lowest BCUT2D eigenvalue weighted by Gasteiger charge is -2.13. The van der Waals surface area contributed by atoms with Gasteiger partial charge >= 0.3 is 5.97 Å². The second kappa shape index (κ2) is 9.19. The minimum atomic E-state index is -1.05. The van der Waals surface area contributed by atoms with Crippen molar-refractivity contribution in [2.24, 2.45) is 0 Å². The normalized spacial score (nSPS) is 11.4. The number of Topliss-reactive ketones (excluding diaryl/α,β-unsaturated/α-hetero) is 1. The second-order valence-electron chi connectivity index (χ2n) is 6.27. The number of carbonyl (C=O) groups excluding carboxylic acids is 4. The molecule has 30 heavy (non-hydrogen) atoms. The minimum absolute atomic E-state index is 0.0779. The minimum Gasteiger partial charge on any atom is -0.459 e. The number of anilines is 2. The van der Waals surface area contributed by atoms with Gasteiger partial charge in [-0.1, -0.05) is 0 Å². The molecule has 0 aliphatic heterocycles. The Bertz CT molecular complexity index is 1070. The molecule has 1 atom stereocenters. The molecule has 0 aliphatic rings. The van der Waals surface area contributed by atoms with Gasteiger partial charge in [0.2, 0.25) is 0 Å². The van der Waals surface area contributed by atoms with Gasteiger partial charge in [-0.2, -0.15) is 0 Å². The number of ether oxygens (including phenoxy) is 1. The van der Waals surface area contributed by atoms with Crippen LogP contribution in [0.4, 0.5) is 10.7 Å². The van der Waals surface area contributed by atoms with E-state index in [0.29, 0.717) is 16.3 Å². The highest BCUT2D eigenvalue weighted by Crippen LogP contribution is 2.24. The Morgan fingerprint density at radius 2 is 1.73 bits per heavy atom. The first-order chi connectivity index (χ1) is 14.3. The summed E-state index contributed by atoms with van der Waals surface area (Å²) in [6.07, 6.45) is 0.337. The summed E-state index contributed by atoms with van der Waals surface area (Å²) in [4.78, 5) is 48.1. The lowest BCUT2D eigenvalue weighted by atomic mass is 10.1. The van der Waals surface area contributed by atoms with Gasteiger partial charge in [-0.25, -0.2) is 4.79 Å². The van der Waals surface area contributed by atoms with Crippen molar-refractivity contribution in [1.29, 1.82) is 0 Å². The Kier molecular flexibility index (Phi) is 6.43. The standard InChI is InChI=1S/C21H18N2O6S/c1-12(24)14-5-7-15(8-6-14)22-19(25)13(2)29-21(27)17-9-10-18(30-17)23-20(26)16-4-3-11-28-16/h3-11,13H,1-2H3,(H,22,25)(H,23,26). The number of esters is 1. The zero-order valence-electron chi connectivity index (χ0n) is 16.1. The molecule has 2 N–H and O–H groups in total. The number of hydrogen-bond acceptors (Lipinski definition) is 7. The molecule has 8 nitrogen and oxygen atoms in total. The average Bonchev–Trinajstić information content (AvgIpc) is 3.40. The first-order valence-electron chi connectivity index (χ1n) is 8.91. The predicted octanol–water partition coefficient (Wildman–Crippen LogP) is 3.98. The number of carbonyl (C=O) groups is 4. The highest BCUT2D eigenvalue weighted by atomic mass is 32.1. The van der Waals surface area contributed by atoms with Crippen LogP contribution in [0.15, 0.2) is 59.2 Å². The summed E-state index contributed by atoms with van der Waals surface area (Å²) in [5.41, 5.74) is 1.01. The van der Waals surface area contributed by atoms with E-state index in [1.165, 1.54) is 32.2 Å². The Labute approximate surface area is 175 Å². The van der Waals surface area contributed by atoms with Gasteiger partial charge in [0.15, 0.2) is 17.6 Å². The lowest BCUT2D eigenvalue weighted by Crippen LogP contribution is -2.29. The van der Waals surface area contributed by atoms with Crippen molar-refractivity contribution < 1.29 is 28.3 Å². The third-order valence-corrected chi connectivity index (χ3v) is 4.98. The molecule has 2 amide bonds. The van der Waals surface area contributed by atoms with Crippen LogP contribution in [0.3, 0.4) is 0 Å². The van der Waals surface area contributed by atoms with E-state index in [9.17, 15) is 19.2 Å². The summed E-state index contributed by atoms with van der Waals surface area (Å²) in [7, 11) is 0. The molecule has 1 aromatic carbocycles. The van der Waals surface area contributed by atoms with Gasteiger partial charge in [0.05, 0.1) is 11.3 Å². The number of rotatable bonds is 7. The molecule has 3 aromatic rings. The summed E-state index contributed by atoms with van der Waals surface area (Å²) < 4.78 is 10.2. The van der Waals surface area contributed by atoms with E-state index in [4.69, 9.17) is 9.15 Å². The fraction of sp³-hybridized carbons (Fsp3) is 0.143. The van der Waals surface area contributed by atoms with E-state index in [1.54, 1.807) is 36.4 Å². The molecule has 0 radical (unpaired) electrons. The van der Waals surface area contributed by atoms with Gasteiger partial charge in [0, 0.05) is 11.3 Å². The van der Waals surface area contributed by atoms with E-state index in [-0.39, 0.29) is 16.4 Å². The summed E-state index contributed by atoms with van der Waals surface area (Å²) in [5.74, 6) is -1.57. The smallest absolute Gasteiger partial charge is 0.349 e. The van der Waals surface area contributed by atoms with Crippen molar-refractivity contribution in [3.05, 3.63) is 71.0 Å². The van der Waals surface area contributed by atoms with Crippen LogP contribution in [0.2, 0.25) is 0 Å². The van der Waals surface area contributed by atoms with Crippen LogP contribution in [0.25, 0.3) is 0 Å². The van der Waals surface area contributed by atoms with Gasteiger partial charge in [-0.15, -0.1) is 11.3 Å². The van der Waals surface area contributed by atoms with Crippen LogP contribution >= 0.6 is 11.3 Å². The molecule has 2 heterocycles. The van der Waals surface area contributed by atoms with Crippen molar-refractivity contribution in [2.45, 2.75) is 20.0 Å². The van der Waals surface area contributed by atoms with Crippen molar-refractivity contribution in [3.63, 3.8) is 0 Å². The van der Waals surface area contributed by atoms with Gasteiger partial charge in [0.25, 0.3) is 11.8 Å². The predicted molar refractivity (Wildman–Crippen MR) is 111 cm³/mol. The van der Waals surface area contributed by atoms with Crippen molar-refractivity contribution in [3.8, 4) is 0 Å². The number of amides is 2. The molecule has 0 aliphatic carbocycles. The van der Waals surface area contributed by atoms with Crippen molar-refractivity contribution in [2.75, 3.05) is 10.6 Å². The molecular formula is C21H18N2O6S. The Balaban J connectivity index is 1.54. The zero-order chi connectivity index (χ0) is 21.7. The molecule has 0 saturated carbocycles. The zero-order valence-corrected chi connectivity index (χ0v) is 16.9. The SMILES string of the molecule is CC(=O)c1ccc(NC(=O)C(C)OC(=O)c2ccc(NC(=O)c3ccco3)s2)cc1. The van der Waals surface area contributed by atoms with Crippen LogP contribution < -0.4 is 10.6 Å². The lowest BCUT2D eigenvalue weighted by molar-refractivity contribution is -0.123. The third-order valence-electron chi connectivity index (χ3n) is 4.00. The first-order valence-corrected chi connectivity index (χ1v) is 9.72. The van der Waals surface area contributed by atoms with Crippen LogP contribution in [-0.4, -0.2) is 29.7 Å².